The fourth-order valence-electron chi connectivity index (χ4n) is 1.54. The molecule has 1 saturated heterocycles. The molecule has 0 unspecified atom stereocenters. The quantitative estimate of drug-likeness (QED) is 0.655. The van der Waals surface area contributed by atoms with Crippen LogP contribution in [0.3, 0.4) is 0 Å². The van der Waals surface area contributed by atoms with E-state index in [4.69, 9.17) is 0 Å². The van der Waals surface area contributed by atoms with E-state index in [-0.39, 0.29) is 5.82 Å². The van der Waals surface area contributed by atoms with Crippen LogP contribution in [0, 0.1) is 12.7 Å². The van der Waals surface area contributed by atoms with Crippen molar-refractivity contribution in [1.82, 2.24) is 0 Å². The first kappa shape index (κ1) is 9.84. The van der Waals surface area contributed by atoms with Crippen LogP contribution in [0.5, 0.6) is 0 Å². The summed E-state index contributed by atoms with van der Waals surface area (Å²) in [5.74, 6) is 1.05. The van der Waals surface area contributed by atoms with E-state index >= 15 is 0 Å². The van der Waals surface area contributed by atoms with Crippen LogP contribution < -0.4 is 4.31 Å². The molecular formula is C11H14FNS. The van der Waals surface area contributed by atoms with Crippen molar-refractivity contribution >= 4 is 17.6 Å². The van der Waals surface area contributed by atoms with Gasteiger partial charge in [-0.15, -0.1) is 0 Å². The molecule has 0 aliphatic carbocycles. The third-order valence-corrected chi connectivity index (χ3v) is 3.62. The lowest BCUT2D eigenvalue weighted by molar-refractivity contribution is 0.618. The number of anilines is 1. The Balaban J connectivity index is 2.18. The van der Waals surface area contributed by atoms with Gasteiger partial charge in [-0.2, -0.15) is 0 Å². The molecule has 76 valence electrons. The first-order chi connectivity index (χ1) is 6.77. The minimum absolute atomic E-state index is 0.103. The minimum atomic E-state index is -0.103. The molecule has 0 aromatic heterocycles. The van der Waals surface area contributed by atoms with Gasteiger partial charge in [-0.3, -0.25) is 0 Å². The molecule has 1 fully saturated rings. The highest BCUT2D eigenvalue weighted by Gasteiger charge is 2.12. The smallest absolute Gasteiger partial charge is 0.128 e. The Kier molecular flexibility index (Phi) is 2.96. The molecule has 0 bridgehead atoms. The Morgan fingerprint density at radius 2 is 2.21 bits per heavy atom. The van der Waals surface area contributed by atoms with Crippen LogP contribution in [0.25, 0.3) is 0 Å². The van der Waals surface area contributed by atoms with Gasteiger partial charge >= 0.3 is 0 Å². The predicted molar refractivity (Wildman–Crippen MR) is 60.2 cm³/mol. The van der Waals surface area contributed by atoms with E-state index in [1.807, 2.05) is 12.1 Å². The maximum Gasteiger partial charge on any atom is 0.128 e. The van der Waals surface area contributed by atoms with Gasteiger partial charge in [-0.05, 0) is 49.4 Å². The number of aryl methyl sites for hydroxylation is 1. The molecule has 0 saturated carbocycles. The number of halogens is 1. The van der Waals surface area contributed by atoms with Gasteiger partial charge < -0.3 is 4.31 Å². The van der Waals surface area contributed by atoms with E-state index in [9.17, 15) is 4.39 Å². The molecule has 1 aliphatic heterocycles. The summed E-state index contributed by atoms with van der Waals surface area (Å²) in [6.07, 6.45) is 2.48. The lowest BCUT2D eigenvalue weighted by Gasteiger charge is -2.27. The molecule has 0 atom stereocenters. The van der Waals surface area contributed by atoms with Gasteiger partial charge in [0.25, 0.3) is 0 Å². The molecule has 1 nitrogen and oxygen atoms in total. The van der Waals surface area contributed by atoms with Crippen molar-refractivity contribution in [3.05, 3.63) is 29.6 Å². The highest BCUT2D eigenvalue weighted by Crippen LogP contribution is 2.28. The Morgan fingerprint density at radius 1 is 1.36 bits per heavy atom. The second-order valence-electron chi connectivity index (χ2n) is 3.58. The summed E-state index contributed by atoms with van der Waals surface area (Å²) in [4.78, 5) is 0. The van der Waals surface area contributed by atoms with Gasteiger partial charge in [0, 0.05) is 18.0 Å². The van der Waals surface area contributed by atoms with Crippen molar-refractivity contribution < 1.29 is 4.39 Å². The molecule has 1 aromatic rings. The van der Waals surface area contributed by atoms with Crippen molar-refractivity contribution in [2.75, 3.05) is 16.6 Å². The zero-order valence-electron chi connectivity index (χ0n) is 8.29. The van der Waals surface area contributed by atoms with Gasteiger partial charge in [0.2, 0.25) is 0 Å². The van der Waals surface area contributed by atoms with Gasteiger partial charge in [-0.1, -0.05) is 6.07 Å². The summed E-state index contributed by atoms with van der Waals surface area (Å²) in [5.41, 5.74) is 1.72. The molecule has 14 heavy (non-hydrogen) atoms. The Hall–Kier alpha value is -0.700. The highest BCUT2D eigenvalue weighted by atomic mass is 32.2. The number of hydrogen-bond acceptors (Lipinski definition) is 2. The Bertz CT molecular complexity index is 321. The third-order valence-electron chi connectivity index (χ3n) is 2.45. The van der Waals surface area contributed by atoms with Crippen molar-refractivity contribution in [2.24, 2.45) is 0 Å². The summed E-state index contributed by atoms with van der Waals surface area (Å²) < 4.78 is 15.5. The lowest BCUT2D eigenvalue weighted by atomic mass is 10.2. The van der Waals surface area contributed by atoms with Crippen LogP contribution in [0.2, 0.25) is 0 Å². The van der Waals surface area contributed by atoms with Crippen molar-refractivity contribution in [3.63, 3.8) is 0 Å². The normalized spacial score (nSPS) is 17.1. The molecule has 0 N–H and O–H groups in total. The zero-order chi connectivity index (χ0) is 9.97. The molecule has 0 amide bonds. The van der Waals surface area contributed by atoms with Gasteiger partial charge in [0.1, 0.15) is 5.82 Å². The number of nitrogens with zero attached hydrogens (tertiary/aromatic N) is 1. The first-order valence-electron chi connectivity index (χ1n) is 4.94. The second-order valence-corrected chi connectivity index (χ2v) is 4.68. The summed E-state index contributed by atoms with van der Waals surface area (Å²) in [6.45, 7) is 2.83. The van der Waals surface area contributed by atoms with Gasteiger partial charge in [0.15, 0.2) is 0 Å². The molecule has 1 heterocycles. The van der Waals surface area contributed by atoms with Crippen molar-refractivity contribution in [1.29, 1.82) is 0 Å². The van der Waals surface area contributed by atoms with Crippen molar-refractivity contribution in [2.45, 2.75) is 19.8 Å². The molecule has 2 rings (SSSR count). The van der Waals surface area contributed by atoms with Crippen LogP contribution >= 0.6 is 11.9 Å². The Morgan fingerprint density at radius 3 is 2.86 bits per heavy atom. The van der Waals surface area contributed by atoms with E-state index in [1.54, 1.807) is 24.9 Å². The van der Waals surface area contributed by atoms with E-state index in [0.29, 0.717) is 0 Å². The van der Waals surface area contributed by atoms with Gasteiger partial charge in [-0.25, -0.2) is 4.39 Å². The molecule has 0 radical (unpaired) electrons. The monoisotopic (exact) mass is 211 g/mol. The molecule has 1 aromatic carbocycles. The molecule has 1 aliphatic rings. The Labute approximate surface area is 88.4 Å². The van der Waals surface area contributed by atoms with Crippen LogP contribution in [-0.4, -0.2) is 12.3 Å². The summed E-state index contributed by atoms with van der Waals surface area (Å²) >= 11 is 1.80. The maximum absolute atomic E-state index is 13.3. The summed E-state index contributed by atoms with van der Waals surface area (Å²) in [6, 6.07) is 5.48. The van der Waals surface area contributed by atoms with Crippen LogP contribution in [0.1, 0.15) is 18.4 Å². The number of benzene rings is 1. The van der Waals surface area contributed by atoms with Crippen LogP contribution in [0.15, 0.2) is 18.2 Å². The zero-order valence-corrected chi connectivity index (χ0v) is 9.11. The highest BCUT2D eigenvalue weighted by molar-refractivity contribution is 8.00. The number of hydrogen-bond donors (Lipinski definition) is 0. The van der Waals surface area contributed by atoms with Crippen LogP contribution in [-0.2, 0) is 0 Å². The largest absolute Gasteiger partial charge is 0.316 e. The minimum Gasteiger partial charge on any atom is -0.316 e. The standard InChI is InChI=1S/C11H14FNS/c1-9-4-5-10(8-11(9)12)13-6-2-3-7-14-13/h4-5,8H,2-3,6-7H2,1H3. The topological polar surface area (TPSA) is 3.24 Å². The van der Waals surface area contributed by atoms with E-state index < -0.39 is 0 Å². The summed E-state index contributed by atoms with van der Waals surface area (Å²) in [7, 11) is 0. The SMILES string of the molecule is Cc1ccc(N2CCCCS2)cc1F. The third kappa shape index (κ3) is 2.03. The number of rotatable bonds is 1. The fraction of sp³-hybridized carbons (Fsp3) is 0.455. The summed E-state index contributed by atoms with van der Waals surface area (Å²) in [5, 5.41) is 0. The van der Waals surface area contributed by atoms with E-state index in [2.05, 4.69) is 4.31 Å². The maximum atomic E-state index is 13.3. The van der Waals surface area contributed by atoms with Crippen molar-refractivity contribution in [3.8, 4) is 0 Å². The fourth-order valence-corrected chi connectivity index (χ4v) is 2.61. The van der Waals surface area contributed by atoms with Crippen LogP contribution in [0.4, 0.5) is 10.1 Å². The first-order valence-corrected chi connectivity index (χ1v) is 5.88. The van der Waals surface area contributed by atoms with Gasteiger partial charge in [0.05, 0.1) is 0 Å². The average molecular weight is 211 g/mol. The molecule has 0 spiro atoms. The van der Waals surface area contributed by atoms with E-state index in [1.165, 1.54) is 12.8 Å². The van der Waals surface area contributed by atoms with E-state index in [0.717, 1.165) is 23.5 Å². The lowest BCUT2D eigenvalue weighted by Crippen LogP contribution is -2.21. The molecular weight excluding hydrogens is 197 g/mol. The second kappa shape index (κ2) is 4.22. The average Bonchev–Trinajstić information content (AvgIpc) is 2.23. The molecule has 3 heteroatoms. The predicted octanol–water partition coefficient (Wildman–Crippen LogP) is 3.38.